The van der Waals surface area contributed by atoms with E-state index in [2.05, 4.69) is 10.5 Å². The van der Waals surface area contributed by atoms with Crippen LogP contribution in [-0.2, 0) is 0 Å². The fourth-order valence-corrected chi connectivity index (χ4v) is 1.13. The Bertz CT molecular complexity index is 162. The van der Waals surface area contributed by atoms with E-state index in [9.17, 15) is 0 Å². The largest absolute Gasteiger partial charge is 0.409 e. The third-order valence-electron chi connectivity index (χ3n) is 2.04. The van der Waals surface area contributed by atoms with Gasteiger partial charge in [0.2, 0.25) is 0 Å². The van der Waals surface area contributed by atoms with Crippen LogP contribution < -0.4 is 11.1 Å². The molecule has 14 heavy (non-hydrogen) atoms. The Morgan fingerprint density at radius 3 is 2.79 bits per heavy atom. The van der Waals surface area contributed by atoms with Crippen molar-refractivity contribution in [1.29, 1.82) is 0 Å². The third kappa shape index (κ3) is 7.82. The molecule has 5 N–H and O–H groups in total. The number of nitrogens with two attached hydrogens (primary N) is 1. The summed E-state index contributed by atoms with van der Waals surface area (Å²) in [5, 5.41) is 23.1. The highest BCUT2D eigenvalue weighted by Gasteiger charge is 1.99. The van der Waals surface area contributed by atoms with Crippen molar-refractivity contribution < 1.29 is 10.3 Å². The van der Waals surface area contributed by atoms with Crippen molar-refractivity contribution in [2.75, 3.05) is 13.2 Å². The van der Waals surface area contributed by atoms with E-state index < -0.39 is 0 Å². The minimum atomic E-state index is 0.221. The summed E-state index contributed by atoms with van der Waals surface area (Å²) in [4.78, 5) is 0. The van der Waals surface area contributed by atoms with E-state index in [-0.39, 0.29) is 12.4 Å². The predicted molar refractivity (Wildman–Crippen MR) is 56.4 cm³/mol. The van der Waals surface area contributed by atoms with E-state index >= 15 is 0 Å². The van der Waals surface area contributed by atoms with Crippen LogP contribution >= 0.6 is 0 Å². The number of unbranched alkanes of at least 4 members (excludes halogenated alkanes) is 1. The first-order valence-electron chi connectivity index (χ1n) is 5.01. The van der Waals surface area contributed by atoms with Gasteiger partial charge < -0.3 is 21.4 Å². The molecule has 0 aromatic rings. The molecule has 0 rings (SSSR count). The lowest BCUT2D eigenvalue weighted by Crippen LogP contribution is -2.28. The van der Waals surface area contributed by atoms with Gasteiger partial charge in [-0.3, -0.25) is 0 Å². The summed E-state index contributed by atoms with van der Waals surface area (Å²) in [5.74, 6) is 0.286. The maximum atomic E-state index is 8.64. The molecule has 1 atom stereocenters. The first-order valence-corrected chi connectivity index (χ1v) is 5.01. The second-order valence-corrected chi connectivity index (χ2v) is 3.42. The molecule has 0 amide bonds. The second-order valence-electron chi connectivity index (χ2n) is 3.42. The number of hydrogen-bond acceptors (Lipinski definition) is 4. The number of oxime groups is 1. The van der Waals surface area contributed by atoms with E-state index in [1.54, 1.807) is 0 Å². The zero-order valence-electron chi connectivity index (χ0n) is 8.74. The molecule has 0 aliphatic carbocycles. The van der Waals surface area contributed by atoms with Crippen molar-refractivity contribution in [3.05, 3.63) is 0 Å². The Kier molecular flexibility index (Phi) is 8.27. The van der Waals surface area contributed by atoms with Crippen LogP contribution in [0, 0.1) is 0 Å². The van der Waals surface area contributed by atoms with Crippen molar-refractivity contribution in [2.45, 2.75) is 38.6 Å². The van der Waals surface area contributed by atoms with E-state index in [1.807, 2.05) is 6.92 Å². The fourth-order valence-electron chi connectivity index (χ4n) is 1.13. The average Bonchev–Trinajstić information content (AvgIpc) is 2.17. The molecule has 0 aliphatic heterocycles. The summed E-state index contributed by atoms with van der Waals surface area (Å²) >= 11 is 0. The summed E-state index contributed by atoms with van der Waals surface area (Å²) in [7, 11) is 0. The number of nitrogens with one attached hydrogen (secondary N) is 1. The zero-order valence-corrected chi connectivity index (χ0v) is 8.74. The molecule has 0 fully saturated rings. The van der Waals surface area contributed by atoms with E-state index in [0.29, 0.717) is 12.5 Å². The van der Waals surface area contributed by atoms with Crippen molar-refractivity contribution in [1.82, 2.24) is 5.32 Å². The molecule has 0 saturated carbocycles. The molecule has 0 heterocycles. The van der Waals surface area contributed by atoms with Gasteiger partial charge in [0.05, 0.1) is 0 Å². The maximum absolute atomic E-state index is 8.64. The van der Waals surface area contributed by atoms with Crippen LogP contribution in [0.25, 0.3) is 0 Å². The van der Waals surface area contributed by atoms with E-state index in [1.165, 1.54) is 0 Å². The lowest BCUT2D eigenvalue weighted by atomic mass is 10.2. The molecule has 0 aromatic carbocycles. The molecule has 1 unspecified atom stereocenters. The summed E-state index contributed by atoms with van der Waals surface area (Å²) in [5.41, 5.74) is 5.31. The summed E-state index contributed by atoms with van der Waals surface area (Å²) in [6, 6.07) is 0.351. The SMILES string of the molecule is CC(CCO)NCCCCC(N)=NO. The first-order chi connectivity index (χ1) is 6.70. The third-order valence-corrected chi connectivity index (χ3v) is 2.04. The molecule has 0 bridgehead atoms. The molecule has 0 saturated heterocycles. The number of aliphatic hydroxyl groups is 1. The minimum Gasteiger partial charge on any atom is -0.409 e. The van der Waals surface area contributed by atoms with Gasteiger partial charge in [-0.15, -0.1) is 0 Å². The number of hydrogen-bond donors (Lipinski definition) is 4. The molecule has 5 heteroatoms. The average molecular weight is 203 g/mol. The van der Waals surface area contributed by atoms with Crippen LogP contribution in [0.3, 0.4) is 0 Å². The highest BCUT2D eigenvalue weighted by molar-refractivity contribution is 5.79. The van der Waals surface area contributed by atoms with Gasteiger partial charge >= 0.3 is 0 Å². The molecule has 0 aliphatic rings. The van der Waals surface area contributed by atoms with Gasteiger partial charge in [-0.05, 0) is 32.7 Å². The Hall–Kier alpha value is -0.810. The topological polar surface area (TPSA) is 90.9 Å². The van der Waals surface area contributed by atoms with Crippen LogP contribution in [0.2, 0.25) is 0 Å². The number of nitrogens with zero attached hydrogens (tertiary/aromatic N) is 1. The maximum Gasteiger partial charge on any atom is 0.139 e. The van der Waals surface area contributed by atoms with Gasteiger partial charge in [0.25, 0.3) is 0 Å². The molecular weight excluding hydrogens is 182 g/mol. The van der Waals surface area contributed by atoms with Gasteiger partial charge in [-0.25, -0.2) is 0 Å². The zero-order chi connectivity index (χ0) is 10.8. The van der Waals surface area contributed by atoms with Crippen LogP contribution in [0.5, 0.6) is 0 Å². The standard InChI is InChI=1S/C9H21N3O2/c1-8(5-7-13)11-6-3-2-4-9(10)12-14/h8,11,13-14H,2-7H2,1H3,(H2,10,12). The highest BCUT2D eigenvalue weighted by Crippen LogP contribution is 1.95. The van der Waals surface area contributed by atoms with Crippen molar-refractivity contribution in [3.63, 3.8) is 0 Å². The number of aliphatic hydroxyl groups excluding tert-OH is 1. The Labute approximate surface area is 85.0 Å². The lowest BCUT2D eigenvalue weighted by molar-refractivity contribution is 0.269. The monoisotopic (exact) mass is 203 g/mol. The molecular formula is C9H21N3O2. The van der Waals surface area contributed by atoms with Gasteiger partial charge in [-0.2, -0.15) is 0 Å². The fraction of sp³-hybridized carbons (Fsp3) is 0.889. The quantitative estimate of drug-likeness (QED) is 0.150. The Balaban J connectivity index is 3.21. The van der Waals surface area contributed by atoms with Crippen LogP contribution in [0.1, 0.15) is 32.6 Å². The van der Waals surface area contributed by atoms with Crippen LogP contribution in [0.15, 0.2) is 5.16 Å². The predicted octanol–water partition coefficient (Wildman–Crippen LogP) is 0.264. The van der Waals surface area contributed by atoms with Crippen molar-refractivity contribution >= 4 is 5.84 Å². The second kappa shape index (κ2) is 8.77. The highest BCUT2D eigenvalue weighted by atomic mass is 16.4. The number of rotatable bonds is 8. The molecule has 0 radical (unpaired) electrons. The lowest BCUT2D eigenvalue weighted by Gasteiger charge is -2.11. The number of amidine groups is 1. The molecule has 0 spiro atoms. The van der Waals surface area contributed by atoms with Crippen molar-refractivity contribution in [2.24, 2.45) is 10.9 Å². The molecule has 5 nitrogen and oxygen atoms in total. The summed E-state index contributed by atoms with van der Waals surface area (Å²) < 4.78 is 0. The summed E-state index contributed by atoms with van der Waals surface area (Å²) in [6.45, 7) is 3.16. The van der Waals surface area contributed by atoms with Crippen LogP contribution in [0.4, 0.5) is 0 Å². The van der Waals surface area contributed by atoms with E-state index in [4.69, 9.17) is 16.0 Å². The Morgan fingerprint density at radius 2 is 2.21 bits per heavy atom. The molecule has 0 aromatic heterocycles. The van der Waals surface area contributed by atoms with Gasteiger partial charge in [0.1, 0.15) is 5.84 Å². The minimum absolute atomic E-state index is 0.221. The van der Waals surface area contributed by atoms with E-state index in [0.717, 1.165) is 25.8 Å². The first kappa shape index (κ1) is 13.2. The smallest absolute Gasteiger partial charge is 0.139 e. The normalized spacial score (nSPS) is 14.3. The summed E-state index contributed by atoms with van der Waals surface area (Å²) in [6.07, 6.45) is 3.31. The molecule has 84 valence electrons. The van der Waals surface area contributed by atoms with Gasteiger partial charge in [0, 0.05) is 19.1 Å². The van der Waals surface area contributed by atoms with Gasteiger partial charge in [-0.1, -0.05) is 5.16 Å². The van der Waals surface area contributed by atoms with Crippen molar-refractivity contribution in [3.8, 4) is 0 Å². The van der Waals surface area contributed by atoms with Crippen LogP contribution in [-0.4, -0.2) is 35.3 Å². The van der Waals surface area contributed by atoms with Gasteiger partial charge in [0.15, 0.2) is 0 Å². The Morgan fingerprint density at radius 1 is 1.50 bits per heavy atom.